The Kier molecular flexibility index (Phi) is 6.62. The molecule has 0 saturated carbocycles. The van der Waals surface area contributed by atoms with Gasteiger partial charge in [0.05, 0.1) is 24.5 Å². The van der Waals surface area contributed by atoms with Crippen LogP contribution in [0.5, 0.6) is 0 Å². The maximum absolute atomic E-state index is 12.6. The molecule has 2 aliphatic rings. The Morgan fingerprint density at radius 1 is 1.21 bits per heavy atom. The Morgan fingerprint density at radius 2 is 2.00 bits per heavy atom. The van der Waals surface area contributed by atoms with Gasteiger partial charge < -0.3 is 20.5 Å². The molecule has 29 heavy (non-hydrogen) atoms. The van der Waals surface area contributed by atoms with Gasteiger partial charge in [0.1, 0.15) is 5.82 Å². The predicted molar refractivity (Wildman–Crippen MR) is 116 cm³/mol. The standard InChI is InChI=1S/C23H33N5O/c1-2-11-24-16-22-26-15-21(27-22)19-7-5-17(6-8-19)18-9-13-28(14-10-18)23(29)20-4-3-12-25-20/h5-8,15,18,20,24-25H,2-4,9-14,16H2,1H3,(H,26,27)/t20-/m0/s1. The van der Waals surface area contributed by atoms with Crippen LogP contribution >= 0.6 is 0 Å². The fourth-order valence-corrected chi connectivity index (χ4v) is 4.47. The molecule has 2 aliphatic heterocycles. The van der Waals surface area contributed by atoms with Gasteiger partial charge in [-0.2, -0.15) is 0 Å². The van der Waals surface area contributed by atoms with Crippen LogP contribution in [0.15, 0.2) is 30.5 Å². The smallest absolute Gasteiger partial charge is 0.239 e. The van der Waals surface area contributed by atoms with E-state index < -0.39 is 0 Å². The van der Waals surface area contributed by atoms with E-state index in [1.807, 2.05) is 6.20 Å². The molecule has 0 radical (unpaired) electrons. The van der Waals surface area contributed by atoms with Crippen molar-refractivity contribution in [3.05, 3.63) is 41.9 Å². The number of hydrogen-bond donors (Lipinski definition) is 3. The first-order valence-electron chi connectivity index (χ1n) is 11.1. The van der Waals surface area contributed by atoms with E-state index in [4.69, 9.17) is 0 Å². The van der Waals surface area contributed by atoms with E-state index >= 15 is 0 Å². The first-order chi connectivity index (χ1) is 14.2. The van der Waals surface area contributed by atoms with Crippen LogP contribution in [0.4, 0.5) is 0 Å². The van der Waals surface area contributed by atoms with Crippen molar-refractivity contribution in [3.63, 3.8) is 0 Å². The van der Waals surface area contributed by atoms with Crippen molar-refractivity contribution in [2.45, 2.75) is 57.5 Å². The molecule has 6 nitrogen and oxygen atoms in total. The molecule has 0 aliphatic carbocycles. The van der Waals surface area contributed by atoms with E-state index in [-0.39, 0.29) is 6.04 Å². The van der Waals surface area contributed by atoms with E-state index in [1.165, 1.54) is 11.1 Å². The van der Waals surface area contributed by atoms with Crippen LogP contribution in [0, 0.1) is 0 Å². The summed E-state index contributed by atoms with van der Waals surface area (Å²) in [7, 11) is 0. The number of carbonyl (C=O) groups is 1. The summed E-state index contributed by atoms with van der Waals surface area (Å²) in [4.78, 5) is 22.5. The number of hydrogen-bond acceptors (Lipinski definition) is 4. The second-order valence-corrected chi connectivity index (χ2v) is 8.29. The highest BCUT2D eigenvalue weighted by Crippen LogP contribution is 2.30. The molecule has 1 atom stereocenters. The van der Waals surface area contributed by atoms with Gasteiger partial charge in [0.25, 0.3) is 0 Å². The zero-order chi connectivity index (χ0) is 20.1. The molecule has 0 unspecified atom stereocenters. The molecule has 1 aromatic carbocycles. The lowest BCUT2D eigenvalue weighted by molar-refractivity contribution is -0.134. The molecule has 6 heteroatoms. The average Bonchev–Trinajstić information content (AvgIpc) is 3.46. The molecule has 156 valence electrons. The van der Waals surface area contributed by atoms with Gasteiger partial charge in [0, 0.05) is 13.1 Å². The van der Waals surface area contributed by atoms with Crippen molar-refractivity contribution in [3.8, 4) is 11.3 Å². The molecule has 2 saturated heterocycles. The number of aromatic nitrogens is 2. The molecule has 3 heterocycles. The highest BCUT2D eigenvalue weighted by Gasteiger charge is 2.30. The summed E-state index contributed by atoms with van der Waals surface area (Å²) < 4.78 is 0. The number of H-pyrrole nitrogens is 1. The van der Waals surface area contributed by atoms with Crippen molar-refractivity contribution in [2.24, 2.45) is 0 Å². The van der Waals surface area contributed by atoms with Crippen molar-refractivity contribution in [1.82, 2.24) is 25.5 Å². The van der Waals surface area contributed by atoms with Gasteiger partial charge >= 0.3 is 0 Å². The van der Waals surface area contributed by atoms with Gasteiger partial charge in [0.2, 0.25) is 5.91 Å². The van der Waals surface area contributed by atoms with Gasteiger partial charge in [-0.25, -0.2) is 4.98 Å². The monoisotopic (exact) mass is 395 g/mol. The van der Waals surface area contributed by atoms with Crippen molar-refractivity contribution in [2.75, 3.05) is 26.2 Å². The third-order valence-electron chi connectivity index (χ3n) is 6.21. The summed E-state index contributed by atoms with van der Waals surface area (Å²) in [6.07, 6.45) is 7.25. The quantitative estimate of drug-likeness (QED) is 0.630. The number of nitrogens with one attached hydrogen (secondary N) is 3. The van der Waals surface area contributed by atoms with E-state index in [0.29, 0.717) is 11.8 Å². The fraction of sp³-hybridized carbons (Fsp3) is 0.565. The Morgan fingerprint density at radius 3 is 2.69 bits per heavy atom. The van der Waals surface area contributed by atoms with Gasteiger partial charge in [-0.05, 0) is 62.2 Å². The SMILES string of the molecule is CCCNCc1ncc(-c2ccc(C3CCN(C(=O)[C@@H]4CCCN4)CC3)cc2)[nH]1. The number of carbonyl (C=O) groups excluding carboxylic acids is 1. The zero-order valence-corrected chi connectivity index (χ0v) is 17.4. The van der Waals surface area contributed by atoms with Gasteiger partial charge in [-0.15, -0.1) is 0 Å². The number of piperidine rings is 1. The number of benzene rings is 1. The number of imidazole rings is 1. The van der Waals surface area contributed by atoms with Gasteiger partial charge in [0.15, 0.2) is 0 Å². The molecule has 0 bridgehead atoms. The highest BCUT2D eigenvalue weighted by molar-refractivity contribution is 5.82. The molecule has 3 N–H and O–H groups in total. The third-order valence-corrected chi connectivity index (χ3v) is 6.21. The van der Waals surface area contributed by atoms with E-state index in [9.17, 15) is 4.79 Å². The number of nitrogens with zero attached hydrogens (tertiary/aromatic N) is 2. The first kappa shape index (κ1) is 20.1. The molecule has 1 aromatic heterocycles. The molecule has 4 rings (SSSR count). The highest BCUT2D eigenvalue weighted by atomic mass is 16.2. The van der Waals surface area contributed by atoms with E-state index in [1.54, 1.807) is 0 Å². The lowest BCUT2D eigenvalue weighted by Crippen LogP contribution is -2.46. The molecular formula is C23H33N5O. The van der Waals surface area contributed by atoms with E-state index in [2.05, 4.69) is 56.7 Å². The Hall–Kier alpha value is -2.18. The lowest BCUT2D eigenvalue weighted by atomic mass is 9.88. The summed E-state index contributed by atoms with van der Waals surface area (Å²) in [5.41, 5.74) is 3.61. The fourth-order valence-electron chi connectivity index (χ4n) is 4.47. The lowest BCUT2D eigenvalue weighted by Gasteiger charge is -2.33. The molecule has 2 fully saturated rings. The Bertz CT molecular complexity index is 786. The van der Waals surface area contributed by atoms with Crippen LogP contribution in [-0.4, -0.2) is 53.0 Å². The second kappa shape index (κ2) is 9.55. The molecule has 2 aromatic rings. The average molecular weight is 396 g/mol. The maximum Gasteiger partial charge on any atom is 0.239 e. The van der Waals surface area contributed by atoms with Crippen LogP contribution in [0.25, 0.3) is 11.3 Å². The van der Waals surface area contributed by atoms with Crippen LogP contribution < -0.4 is 10.6 Å². The normalized spacial score (nSPS) is 20.3. The van der Waals surface area contributed by atoms with E-state index in [0.717, 1.165) is 76.3 Å². The largest absolute Gasteiger partial charge is 0.341 e. The number of amides is 1. The summed E-state index contributed by atoms with van der Waals surface area (Å²) in [6.45, 7) is 6.67. The van der Waals surface area contributed by atoms with Crippen LogP contribution in [0.2, 0.25) is 0 Å². The summed E-state index contributed by atoms with van der Waals surface area (Å²) in [5.74, 6) is 1.83. The summed E-state index contributed by atoms with van der Waals surface area (Å²) in [6, 6.07) is 8.91. The number of aromatic amines is 1. The summed E-state index contributed by atoms with van der Waals surface area (Å²) >= 11 is 0. The summed E-state index contributed by atoms with van der Waals surface area (Å²) in [5, 5.41) is 6.70. The molecule has 0 spiro atoms. The maximum atomic E-state index is 12.6. The predicted octanol–water partition coefficient (Wildman–Crippen LogP) is 3.03. The first-order valence-corrected chi connectivity index (χ1v) is 11.1. The van der Waals surface area contributed by atoms with Crippen molar-refractivity contribution >= 4 is 5.91 Å². The molecule has 1 amide bonds. The minimum atomic E-state index is 0.0577. The topological polar surface area (TPSA) is 73.1 Å². The van der Waals surface area contributed by atoms with Gasteiger partial charge in [-0.3, -0.25) is 4.79 Å². The minimum absolute atomic E-state index is 0.0577. The van der Waals surface area contributed by atoms with Crippen LogP contribution in [0.1, 0.15) is 56.3 Å². The number of rotatable bonds is 7. The Balaban J connectivity index is 1.31. The van der Waals surface area contributed by atoms with Crippen molar-refractivity contribution in [1.29, 1.82) is 0 Å². The number of likely N-dealkylation sites (tertiary alicyclic amines) is 1. The minimum Gasteiger partial charge on any atom is -0.341 e. The van der Waals surface area contributed by atoms with Crippen LogP contribution in [0.3, 0.4) is 0 Å². The third kappa shape index (κ3) is 4.87. The molecular weight excluding hydrogens is 362 g/mol. The second-order valence-electron chi connectivity index (χ2n) is 8.29. The van der Waals surface area contributed by atoms with Gasteiger partial charge in [-0.1, -0.05) is 31.2 Å². The van der Waals surface area contributed by atoms with Crippen molar-refractivity contribution < 1.29 is 4.79 Å². The zero-order valence-electron chi connectivity index (χ0n) is 17.4. The Labute approximate surface area is 173 Å². The van der Waals surface area contributed by atoms with Crippen LogP contribution in [-0.2, 0) is 11.3 Å².